The third-order valence-electron chi connectivity index (χ3n) is 2.01. The molecule has 0 saturated heterocycles. The molecule has 0 spiro atoms. The van der Waals surface area contributed by atoms with Crippen LogP contribution in [0.15, 0.2) is 24.8 Å². The Balaban J connectivity index is 3.44. The van der Waals surface area contributed by atoms with Crippen LogP contribution < -0.4 is 0 Å². The van der Waals surface area contributed by atoms with E-state index in [0.29, 0.717) is 12.0 Å². The highest BCUT2D eigenvalue weighted by Crippen LogP contribution is 2.25. The maximum Gasteiger partial charge on any atom is 0.339 e. The Morgan fingerprint density at radius 1 is 1.19 bits per heavy atom. The van der Waals surface area contributed by atoms with Gasteiger partial charge < -0.3 is 15.3 Å². The molecular formula is C11H10O5. The number of rotatable bonds is 4. The lowest BCUT2D eigenvalue weighted by Gasteiger charge is -2.06. The number of carboxylic acid groups (broad SMARTS) is 2. The lowest BCUT2D eigenvalue weighted by atomic mass is 10.0. The topological polar surface area (TPSA) is 94.8 Å². The molecule has 0 aliphatic heterocycles. The Labute approximate surface area is 91.3 Å². The minimum Gasteiger partial charge on any atom is -0.506 e. The Hall–Kier alpha value is -2.30. The smallest absolute Gasteiger partial charge is 0.339 e. The van der Waals surface area contributed by atoms with Crippen LogP contribution in [0, 0.1) is 0 Å². The summed E-state index contributed by atoms with van der Waals surface area (Å²) in [6, 6.07) is 2.46. The fraction of sp³-hybridized carbons (Fsp3) is 0.0909. The van der Waals surface area contributed by atoms with Crippen molar-refractivity contribution in [2.75, 3.05) is 0 Å². The van der Waals surface area contributed by atoms with Crippen LogP contribution in [0.2, 0.25) is 0 Å². The Morgan fingerprint density at radius 2 is 1.62 bits per heavy atom. The normalized spacial score (nSPS) is 9.75. The van der Waals surface area contributed by atoms with Gasteiger partial charge in [-0.15, -0.1) is 6.58 Å². The molecule has 0 bridgehead atoms. The molecule has 0 aromatic heterocycles. The van der Waals surface area contributed by atoms with E-state index >= 15 is 0 Å². The molecular weight excluding hydrogens is 212 g/mol. The first kappa shape index (κ1) is 11.8. The van der Waals surface area contributed by atoms with Crippen LogP contribution in [0.5, 0.6) is 5.75 Å². The summed E-state index contributed by atoms with van der Waals surface area (Å²) < 4.78 is 0. The second-order valence-electron chi connectivity index (χ2n) is 3.14. The van der Waals surface area contributed by atoms with E-state index in [1.807, 2.05) is 0 Å². The van der Waals surface area contributed by atoms with E-state index in [1.165, 1.54) is 18.2 Å². The van der Waals surface area contributed by atoms with Crippen molar-refractivity contribution in [3.05, 3.63) is 41.5 Å². The van der Waals surface area contributed by atoms with Gasteiger partial charge in [-0.25, -0.2) is 9.59 Å². The van der Waals surface area contributed by atoms with Gasteiger partial charge in [-0.05, 0) is 24.1 Å². The molecule has 0 amide bonds. The Bertz CT molecular complexity index is 426. The third kappa shape index (κ3) is 2.20. The molecule has 0 heterocycles. The maximum atomic E-state index is 10.8. The largest absolute Gasteiger partial charge is 0.506 e. The van der Waals surface area contributed by atoms with Crippen molar-refractivity contribution in [2.24, 2.45) is 0 Å². The molecule has 3 N–H and O–H groups in total. The molecule has 1 rings (SSSR count). The molecule has 5 heteroatoms. The standard InChI is InChI=1S/C11H10O5/c1-2-3-6-4-7(10(13)14)9(12)8(5-6)11(15)16/h2,4-5,12H,1,3H2,(H,13,14)(H,15,16). The highest BCUT2D eigenvalue weighted by atomic mass is 16.4. The zero-order valence-electron chi connectivity index (χ0n) is 8.30. The summed E-state index contributed by atoms with van der Waals surface area (Å²) in [4.78, 5) is 21.5. The minimum absolute atomic E-state index is 0.334. The highest BCUT2D eigenvalue weighted by molar-refractivity contribution is 5.98. The van der Waals surface area contributed by atoms with Crippen LogP contribution in [0.4, 0.5) is 0 Å². The van der Waals surface area contributed by atoms with E-state index in [2.05, 4.69) is 6.58 Å². The number of aromatic carboxylic acids is 2. The molecule has 0 radical (unpaired) electrons. The zero-order chi connectivity index (χ0) is 12.3. The van der Waals surface area contributed by atoms with Crippen LogP contribution in [0.25, 0.3) is 0 Å². The fourth-order valence-electron chi connectivity index (χ4n) is 1.30. The van der Waals surface area contributed by atoms with Crippen LogP contribution >= 0.6 is 0 Å². The molecule has 0 atom stereocenters. The number of allylic oxidation sites excluding steroid dienone is 1. The van der Waals surface area contributed by atoms with Crippen LogP contribution in [0.3, 0.4) is 0 Å². The van der Waals surface area contributed by atoms with Gasteiger partial charge in [0.1, 0.15) is 16.9 Å². The number of phenols is 1. The van der Waals surface area contributed by atoms with E-state index in [-0.39, 0.29) is 0 Å². The van der Waals surface area contributed by atoms with Gasteiger partial charge >= 0.3 is 11.9 Å². The molecule has 1 aromatic rings. The Morgan fingerprint density at radius 3 is 1.94 bits per heavy atom. The molecule has 0 aliphatic carbocycles. The second kappa shape index (κ2) is 4.48. The summed E-state index contributed by atoms with van der Waals surface area (Å²) in [6.07, 6.45) is 1.85. The SMILES string of the molecule is C=CCc1cc(C(=O)O)c(O)c(C(=O)O)c1. The van der Waals surface area contributed by atoms with Crippen molar-refractivity contribution in [1.29, 1.82) is 0 Å². The first-order valence-electron chi connectivity index (χ1n) is 4.40. The first-order valence-corrected chi connectivity index (χ1v) is 4.40. The van der Waals surface area contributed by atoms with E-state index in [9.17, 15) is 14.7 Å². The average Bonchev–Trinajstić information content (AvgIpc) is 2.19. The van der Waals surface area contributed by atoms with Gasteiger partial charge in [0.15, 0.2) is 0 Å². The molecule has 1 aromatic carbocycles. The number of carboxylic acids is 2. The lowest BCUT2D eigenvalue weighted by molar-refractivity contribution is 0.0691. The van der Waals surface area contributed by atoms with Crippen molar-refractivity contribution in [3.63, 3.8) is 0 Å². The molecule has 0 saturated carbocycles. The fourth-order valence-corrected chi connectivity index (χ4v) is 1.30. The van der Waals surface area contributed by atoms with Gasteiger partial charge in [0.25, 0.3) is 0 Å². The second-order valence-corrected chi connectivity index (χ2v) is 3.14. The quantitative estimate of drug-likeness (QED) is 0.671. The third-order valence-corrected chi connectivity index (χ3v) is 2.01. The molecule has 0 unspecified atom stereocenters. The van der Waals surface area contributed by atoms with Crippen LogP contribution in [-0.4, -0.2) is 27.3 Å². The number of carbonyl (C=O) groups is 2. The van der Waals surface area contributed by atoms with Gasteiger partial charge in [0.05, 0.1) is 0 Å². The van der Waals surface area contributed by atoms with Crippen molar-refractivity contribution < 1.29 is 24.9 Å². The van der Waals surface area contributed by atoms with E-state index in [0.717, 1.165) is 0 Å². The molecule has 0 fully saturated rings. The summed E-state index contributed by atoms with van der Waals surface area (Å²) >= 11 is 0. The molecule has 84 valence electrons. The number of hydrogen-bond donors (Lipinski definition) is 3. The zero-order valence-corrected chi connectivity index (χ0v) is 8.30. The van der Waals surface area contributed by atoms with Crippen LogP contribution in [-0.2, 0) is 6.42 Å². The summed E-state index contributed by atoms with van der Waals surface area (Å²) in [7, 11) is 0. The van der Waals surface area contributed by atoms with Crippen LogP contribution in [0.1, 0.15) is 26.3 Å². The minimum atomic E-state index is -1.37. The van der Waals surface area contributed by atoms with E-state index in [1.54, 1.807) is 0 Å². The average molecular weight is 222 g/mol. The predicted octanol–water partition coefficient (Wildman–Crippen LogP) is 1.52. The van der Waals surface area contributed by atoms with E-state index < -0.39 is 28.8 Å². The van der Waals surface area contributed by atoms with Gasteiger partial charge in [-0.1, -0.05) is 6.08 Å². The summed E-state index contributed by atoms with van der Waals surface area (Å²) in [6.45, 7) is 3.47. The molecule has 16 heavy (non-hydrogen) atoms. The van der Waals surface area contributed by atoms with Gasteiger partial charge in [0.2, 0.25) is 0 Å². The predicted molar refractivity (Wildman–Crippen MR) is 55.9 cm³/mol. The van der Waals surface area contributed by atoms with Crippen molar-refractivity contribution in [2.45, 2.75) is 6.42 Å². The number of hydrogen-bond acceptors (Lipinski definition) is 3. The monoisotopic (exact) mass is 222 g/mol. The lowest BCUT2D eigenvalue weighted by Crippen LogP contribution is -2.05. The molecule has 5 nitrogen and oxygen atoms in total. The van der Waals surface area contributed by atoms with Gasteiger partial charge in [-0.3, -0.25) is 0 Å². The van der Waals surface area contributed by atoms with Gasteiger partial charge in [-0.2, -0.15) is 0 Å². The molecule has 0 aliphatic rings. The number of benzene rings is 1. The first-order chi connectivity index (χ1) is 7.47. The Kier molecular flexibility index (Phi) is 3.30. The summed E-state index contributed by atoms with van der Waals surface area (Å²) in [5.41, 5.74) is -0.365. The summed E-state index contributed by atoms with van der Waals surface area (Å²) in [5, 5.41) is 27.0. The van der Waals surface area contributed by atoms with Crippen molar-refractivity contribution in [3.8, 4) is 5.75 Å². The van der Waals surface area contributed by atoms with Crippen molar-refractivity contribution >= 4 is 11.9 Å². The highest BCUT2D eigenvalue weighted by Gasteiger charge is 2.19. The van der Waals surface area contributed by atoms with Crippen molar-refractivity contribution in [1.82, 2.24) is 0 Å². The number of aromatic hydroxyl groups is 1. The summed E-state index contributed by atoms with van der Waals surface area (Å²) in [5.74, 6) is -3.47. The maximum absolute atomic E-state index is 10.8. The van der Waals surface area contributed by atoms with E-state index in [4.69, 9.17) is 10.2 Å². The van der Waals surface area contributed by atoms with Gasteiger partial charge in [0, 0.05) is 0 Å².